The molecule has 0 rings (SSSR count). The van der Waals surface area contributed by atoms with Gasteiger partial charge in [-0.2, -0.15) is 0 Å². The third-order valence-electron chi connectivity index (χ3n) is 1.35. The molecule has 0 fully saturated rings. The average molecular weight is 195 g/mol. The van der Waals surface area contributed by atoms with Crippen LogP contribution in [-0.2, 0) is 4.79 Å². The molecule has 0 saturated heterocycles. The van der Waals surface area contributed by atoms with Gasteiger partial charge in [0.25, 0.3) is 0 Å². The molecule has 0 aromatic rings. The molecular weight excluding hydrogens is 180 g/mol. The standard InChI is InChI=1S/C8H15ClOS/c1-3-5-6-7(9)8(10)11-4-2/h7H,3-6H2,1-2H3. The lowest BCUT2D eigenvalue weighted by Crippen LogP contribution is -2.10. The molecule has 0 aromatic heterocycles. The van der Waals surface area contributed by atoms with E-state index in [4.69, 9.17) is 11.6 Å². The molecule has 1 nitrogen and oxygen atoms in total. The Labute approximate surface area is 77.9 Å². The first kappa shape index (κ1) is 11.3. The van der Waals surface area contributed by atoms with Crippen LogP contribution in [0.1, 0.15) is 33.1 Å². The number of alkyl halides is 1. The molecule has 0 saturated carbocycles. The van der Waals surface area contributed by atoms with Crippen LogP contribution in [-0.4, -0.2) is 16.2 Å². The summed E-state index contributed by atoms with van der Waals surface area (Å²) in [5.41, 5.74) is 0. The van der Waals surface area contributed by atoms with E-state index in [2.05, 4.69) is 6.92 Å². The fourth-order valence-electron chi connectivity index (χ4n) is 0.734. The molecule has 0 bridgehead atoms. The van der Waals surface area contributed by atoms with Gasteiger partial charge in [-0.05, 0) is 12.2 Å². The SMILES string of the molecule is CCCCC(Cl)C(=O)SCC. The van der Waals surface area contributed by atoms with Crippen LogP contribution in [0.25, 0.3) is 0 Å². The smallest absolute Gasteiger partial charge is 0.206 e. The van der Waals surface area contributed by atoms with Crippen LogP contribution in [0.4, 0.5) is 0 Å². The van der Waals surface area contributed by atoms with Crippen molar-refractivity contribution in [2.45, 2.75) is 38.5 Å². The van der Waals surface area contributed by atoms with Crippen molar-refractivity contribution >= 4 is 28.5 Å². The molecule has 0 radical (unpaired) electrons. The van der Waals surface area contributed by atoms with Gasteiger partial charge < -0.3 is 0 Å². The van der Waals surface area contributed by atoms with Crippen molar-refractivity contribution in [1.29, 1.82) is 0 Å². The lowest BCUT2D eigenvalue weighted by molar-refractivity contribution is -0.110. The molecule has 11 heavy (non-hydrogen) atoms. The van der Waals surface area contributed by atoms with Crippen LogP contribution in [0, 0.1) is 0 Å². The Kier molecular flexibility index (Phi) is 7.18. The second kappa shape index (κ2) is 6.99. The summed E-state index contributed by atoms with van der Waals surface area (Å²) in [5.74, 6) is 0.828. The molecule has 0 aromatic carbocycles. The molecule has 1 unspecified atom stereocenters. The second-order valence-electron chi connectivity index (χ2n) is 2.36. The van der Waals surface area contributed by atoms with Gasteiger partial charge in [-0.15, -0.1) is 11.6 Å². The van der Waals surface area contributed by atoms with Crippen LogP contribution in [0.5, 0.6) is 0 Å². The van der Waals surface area contributed by atoms with Crippen LogP contribution in [0.3, 0.4) is 0 Å². The van der Waals surface area contributed by atoms with Gasteiger partial charge in [-0.3, -0.25) is 4.79 Å². The van der Waals surface area contributed by atoms with Gasteiger partial charge in [0.15, 0.2) is 0 Å². The summed E-state index contributed by atoms with van der Waals surface area (Å²) >= 11 is 7.14. The molecule has 3 heteroatoms. The third-order valence-corrected chi connectivity index (χ3v) is 2.76. The van der Waals surface area contributed by atoms with E-state index in [1.165, 1.54) is 11.8 Å². The van der Waals surface area contributed by atoms with Crippen molar-refractivity contribution in [3.8, 4) is 0 Å². The predicted molar refractivity (Wildman–Crippen MR) is 52.3 cm³/mol. The molecule has 0 N–H and O–H groups in total. The van der Waals surface area contributed by atoms with Crippen LogP contribution in [0.2, 0.25) is 0 Å². The van der Waals surface area contributed by atoms with E-state index < -0.39 is 0 Å². The summed E-state index contributed by atoms with van der Waals surface area (Å²) in [4.78, 5) is 11.1. The van der Waals surface area contributed by atoms with Crippen molar-refractivity contribution in [3.05, 3.63) is 0 Å². The maximum Gasteiger partial charge on any atom is 0.206 e. The van der Waals surface area contributed by atoms with Gasteiger partial charge in [0.1, 0.15) is 5.38 Å². The van der Waals surface area contributed by atoms with Gasteiger partial charge in [0.2, 0.25) is 5.12 Å². The monoisotopic (exact) mass is 194 g/mol. The first-order valence-electron chi connectivity index (χ1n) is 4.03. The Balaban J connectivity index is 3.46. The largest absolute Gasteiger partial charge is 0.286 e. The fraction of sp³-hybridized carbons (Fsp3) is 0.875. The first-order valence-corrected chi connectivity index (χ1v) is 5.45. The highest BCUT2D eigenvalue weighted by Gasteiger charge is 2.13. The minimum absolute atomic E-state index is 0.127. The Morgan fingerprint density at radius 2 is 2.18 bits per heavy atom. The Morgan fingerprint density at radius 3 is 2.64 bits per heavy atom. The van der Waals surface area contributed by atoms with Gasteiger partial charge in [-0.25, -0.2) is 0 Å². The third kappa shape index (κ3) is 5.57. The van der Waals surface area contributed by atoms with E-state index in [9.17, 15) is 4.79 Å². The number of carbonyl (C=O) groups excluding carboxylic acids is 1. The summed E-state index contributed by atoms with van der Waals surface area (Å²) in [6, 6.07) is 0. The number of thioether (sulfide) groups is 1. The topological polar surface area (TPSA) is 17.1 Å². The highest BCUT2D eigenvalue weighted by atomic mass is 35.5. The summed E-state index contributed by atoms with van der Waals surface area (Å²) in [6.07, 6.45) is 2.97. The van der Waals surface area contributed by atoms with Crippen molar-refractivity contribution < 1.29 is 4.79 Å². The Hall–Kier alpha value is 0.310. The number of carbonyl (C=O) groups is 1. The highest BCUT2D eigenvalue weighted by Crippen LogP contribution is 2.15. The summed E-state index contributed by atoms with van der Waals surface area (Å²) in [7, 11) is 0. The average Bonchev–Trinajstić information content (AvgIpc) is 2.00. The van der Waals surface area contributed by atoms with Crippen LogP contribution >= 0.6 is 23.4 Å². The zero-order valence-electron chi connectivity index (χ0n) is 7.10. The molecule has 0 aliphatic heterocycles. The zero-order valence-corrected chi connectivity index (χ0v) is 8.67. The number of hydrogen-bond donors (Lipinski definition) is 0. The molecular formula is C8H15ClOS. The maximum atomic E-state index is 11.1. The normalized spacial score (nSPS) is 13.0. The summed E-state index contributed by atoms with van der Waals surface area (Å²) in [5, 5.41) is -0.137. The molecule has 1 atom stereocenters. The minimum Gasteiger partial charge on any atom is -0.286 e. The van der Waals surface area contributed by atoms with E-state index in [0.29, 0.717) is 0 Å². The minimum atomic E-state index is -0.264. The van der Waals surface area contributed by atoms with E-state index in [0.717, 1.165) is 25.0 Å². The number of unbranched alkanes of at least 4 members (excludes halogenated alkanes) is 1. The van der Waals surface area contributed by atoms with Crippen LogP contribution in [0.15, 0.2) is 0 Å². The van der Waals surface area contributed by atoms with Gasteiger partial charge >= 0.3 is 0 Å². The summed E-state index contributed by atoms with van der Waals surface area (Å²) < 4.78 is 0. The van der Waals surface area contributed by atoms with Crippen LogP contribution < -0.4 is 0 Å². The van der Waals surface area contributed by atoms with Gasteiger partial charge in [0, 0.05) is 0 Å². The molecule has 0 amide bonds. The first-order chi connectivity index (χ1) is 5.22. The fourth-order valence-corrected chi connectivity index (χ4v) is 1.66. The van der Waals surface area contributed by atoms with Crippen molar-refractivity contribution in [1.82, 2.24) is 0 Å². The van der Waals surface area contributed by atoms with Crippen molar-refractivity contribution in [2.75, 3.05) is 5.75 Å². The molecule has 0 aliphatic rings. The van der Waals surface area contributed by atoms with E-state index in [-0.39, 0.29) is 10.5 Å². The molecule has 0 aliphatic carbocycles. The molecule has 0 spiro atoms. The summed E-state index contributed by atoms with van der Waals surface area (Å²) in [6.45, 7) is 4.06. The van der Waals surface area contributed by atoms with E-state index in [1.807, 2.05) is 6.92 Å². The zero-order chi connectivity index (χ0) is 8.69. The number of hydrogen-bond acceptors (Lipinski definition) is 2. The number of rotatable bonds is 5. The quantitative estimate of drug-likeness (QED) is 0.626. The molecule has 66 valence electrons. The maximum absolute atomic E-state index is 11.1. The highest BCUT2D eigenvalue weighted by molar-refractivity contribution is 8.13. The molecule has 0 heterocycles. The Bertz CT molecular complexity index is 117. The number of halogens is 1. The second-order valence-corrected chi connectivity index (χ2v) is 4.16. The lowest BCUT2D eigenvalue weighted by Gasteiger charge is -2.04. The van der Waals surface area contributed by atoms with Gasteiger partial charge in [0.05, 0.1) is 0 Å². The lowest BCUT2D eigenvalue weighted by atomic mass is 10.2. The van der Waals surface area contributed by atoms with Crippen molar-refractivity contribution in [2.24, 2.45) is 0 Å². The van der Waals surface area contributed by atoms with E-state index >= 15 is 0 Å². The predicted octanol–water partition coefficient (Wildman–Crippen LogP) is 3.06. The van der Waals surface area contributed by atoms with Gasteiger partial charge in [-0.1, -0.05) is 38.5 Å². The van der Waals surface area contributed by atoms with E-state index in [1.54, 1.807) is 0 Å². The van der Waals surface area contributed by atoms with Crippen molar-refractivity contribution in [3.63, 3.8) is 0 Å². The Morgan fingerprint density at radius 1 is 1.55 bits per heavy atom.